The standard InChI is InChI=1S/C16H18F6N2O6S/c1-3-28-13(25)14(9-29-12-8-11(15(17,18)19)24(2)23-12)6-4-10(5-7-14)30-31(26,27)16(20,21)22/h4,8H,3,5-7,9H2,1-2H3. The summed E-state index contributed by atoms with van der Waals surface area (Å²) in [6.45, 7) is 0.956. The molecule has 0 bridgehead atoms. The molecular formula is C16H18F6N2O6S. The molecule has 1 aliphatic rings. The molecule has 0 radical (unpaired) electrons. The molecule has 0 aromatic carbocycles. The van der Waals surface area contributed by atoms with Gasteiger partial charge in [-0.15, -0.1) is 5.10 Å². The molecular weight excluding hydrogens is 462 g/mol. The van der Waals surface area contributed by atoms with Crippen LogP contribution in [0.3, 0.4) is 0 Å². The van der Waals surface area contributed by atoms with Gasteiger partial charge in [0.05, 0.1) is 6.61 Å². The van der Waals surface area contributed by atoms with Crippen molar-refractivity contribution in [1.82, 2.24) is 9.78 Å². The molecule has 8 nitrogen and oxygen atoms in total. The van der Waals surface area contributed by atoms with Gasteiger partial charge in [0, 0.05) is 19.5 Å². The van der Waals surface area contributed by atoms with E-state index in [9.17, 15) is 39.6 Å². The van der Waals surface area contributed by atoms with E-state index < -0.39 is 57.1 Å². The first-order valence-electron chi connectivity index (χ1n) is 8.72. The summed E-state index contributed by atoms with van der Waals surface area (Å²) in [4.78, 5) is 12.4. The molecule has 0 saturated carbocycles. The van der Waals surface area contributed by atoms with E-state index in [1.807, 2.05) is 0 Å². The Morgan fingerprint density at radius 3 is 2.35 bits per heavy atom. The number of hydrogen-bond donors (Lipinski definition) is 0. The minimum Gasteiger partial charge on any atom is -0.475 e. The van der Waals surface area contributed by atoms with Crippen LogP contribution in [0.15, 0.2) is 17.9 Å². The van der Waals surface area contributed by atoms with E-state index in [1.54, 1.807) is 0 Å². The second-order valence-electron chi connectivity index (χ2n) is 6.64. The Morgan fingerprint density at radius 2 is 1.90 bits per heavy atom. The molecule has 1 aromatic heterocycles. The van der Waals surface area contributed by atoms with E-state index in [0.717, 1.165) is 13.1 Å². The van der Waals surface area contributed by atoms with Crippen molar-refractivity contribution in [1.29, 1.82) is 0 Å². The number of carbonyl (C=O) groups is 1. The number of aryl methyl sites for hydroxylation is 1. The lowest BCUT2D eigenvalue weighted by molar-refractivity contribution is -0.158. The van der Waals surface area contributed by atoms with Gasteiger partial charge in [-0.3, -0.25) is 9.48 Å². The molecule has 1 unspecified atom stereocenters. The largest absolute Gasteiger partial charge is 0.534 e. The molecule has 0 fully saturated rings. The first kappa shape index (κ1) is 24.8. The second-order valence-corrected chi connectivity index (χ2v) is 8.17. The van der Waals surface area contributed by atoms with Crippen molar-refractivity contribution in [3.8, 4) is 5.88 Å². The van der Waals surface area contributed by atoms with Gasteiger partial charge in [-0.1, -0.05) is 0 Å². The zero-order valence-corrected chi connectivity index (χ0v) is 17.0. The maximum Gasteiger partial charge on any atom is 0.534 e. The molecule has 31 heavy (non-hydrogen) atoms. The molecule has 2 rings (SSSR count). The number of esters is 1. The fourth-order valence-corrected chi connectivity index (χ4v) is 3.32. The van der Waals surface area contributed by atoms with E-state index >= 15 is 0 Å². The van der Waals surface area contributed by atoms with Crippen LogP contribution in [0.5, 0.6) is 5.88 Å². The summed E-state index contributed by atoms with van der Waals surface area (Å²) in [5.41, 5.74) is -8.20. The van der Waals surface area contributed by atoms with Crippen LogP contribution in [-0.4, -0.2) is 42.9 Å². The maximum absolute atomic E-state index is 12.9. The van der Waals surface area contributed by atoms with Crippen LogP contribution in [0, 0.1) is 5.41 Å². The Morgan fingerprint density at radius 1 is 1.26 bits per heavy atom. The second kappa shape index (κ2) is 8.59. The highest BCUT2D eigenvalue weighted by Gasteiger charge is 2.50. The number of hydrogen-bond acceptors (Lipinski definition) is 7. The third kappa shape index (κ3) is 5.62. The maximum atomic E-state index is 12.9. The molecule has 1 atom stereocenters. The van der Waals surface area contributed by atoms with Gasteiger partial charge >= 0.3 is 27.8 Å². The molecule has 1 aromatic rings. The summed E-state index contributed by atoms with van der Waals surface area (Å²) in [5, 5.41) is 3.57. The van der Waals surface area contributed by atoms with Crippen molar-refractivity contribution in [3.05, 3.63) is 23.6 Å². The summed E-state index contributed by atoms with van der Waals surface area (Å²) in [7, 11) is -4.82. The zero-order chi connectivity index (χ0) is 23.7. The van der Waals surface area contributed by atoms with Gasteiger partial charge in [-0.2, -0.15) is 34.8 Å². The number of alkyl halides is 6. The first-order valence-corrected chi connectivity index (χ1v) is 10.1. The van der Waals surface area contributed by atoms with Crippen molar-refractivity contribution < 1.29 is 53.2 Å². The van der Waals surface area contributed by atoms with Crippen molar-refractivity contribution in [2.75, 3.05) is 13.2 Å². The monoisotopic (exact) mass is 480 g/mol. The van der Waals surface area contributed by atoms with Crippen LogP contribution in [-0.2, 0) is 37.1 Å². The Balaban J connectivity index is 2.20. The van der Waals surface area contributed by atoms with E-state index in [0.29, 0.717) is 10.7 Å². The van der Waals surface area contributed by atoms with Gasteiger partial charge < -0.3 is 13.7 Å². The van der Waals surface area contributed by atoms with E-state index in [1.165, 1.54) is 6.92 Å². The van der Waals surface area contributed by atoms with Gasteiger partial charge in [0.25, 0.3) is 0 Å². The van der Waals surface area contributed by atoms with Crippen molar-refractivity contribution in [2.45, 2.75) is 37.9 Å². The molecule has 0 spiro atoms. The molecule has 0 N–H and O–H groups in total. The topological polar surface area (TPSA) is 96.7 Å². The zero-order valence-electron chi connectivity index (χ0n) is 16.2. The van der Waals surface area contributed by atoms with E-state index in [4.69, 9.17) is 9.47 Å². The molecule has 1 aliphatic carbocycles. The molecule has 176 valence electrons. The number of carbonyl (C=O) groups excluding carboxylic acids is 1. The van der Waals surface area contributed by atoms with Crippen LogP contribution < -0.4 is 4.74 Å². The van der Waals surface area contributed by atoms with Gasteiger partial charge in [0.1, 0.15) is 23.5 Å². The minimum atomic E-state index is -5.87. The van der Waals surface area contributed by atoms with Crippen molar-refractivity contribution in [3.63, 3.8) is 0 Å². The number of allylic oxidation sites excluding steroid dienone is 2. The summed E-state index contributed by atoms with van der Waals surface area (Å²) < 4.78 is 113. The quantitative estimate of drug-likeness (QED) is 0.256. The SMILES string of the molecule is CCOC(=O)C1(COc2cc(C(F)(F)F)n(C)n2)CC=C(OS(=O)(=O)C(F)(F)F)CC1. The average Bonchev–Trinajstić information content (AvgIpc) is 3.01. The number of ether oxygens (including phenoxy) is 2. The predicted molar refractivity (Wildman–Crippen MR) is 90.8 cm³/mol. The fraction of sp³-hybridized carbons (Fsp3) is 0.625. The van der Waals surface area contributed by atoms with Crippen molar-refractivity contribution in [2.24, 2.45) is 12.5 Å². The summed E-state index contributed by atoms with van der Waals surface area (Å²) in [5.74, 6) is -1.76. The Kier molecular flexibility index (Phi) is 6.88. The molecule has 0 aliphatic heterocycles. The van der Waals surface area contributed by atoms with Gasteiger partial charge in [-0.05, 0) is 25.8 Å². The number of halogens is 6. The highest BCUT2D eigenvalue weighted by molar-refractivity contribution is 7.87. The average molecular weight is 480 g/mol. The predicted octanol–water partition coefficient (Wildman–Crippen LogP) is 3.30. The minimum absolute atomic E-state index is 0.0437. The number of rotatable bonds is 7. The first-order chi connectivity index (χ1) is 14.1. The lowest BCUT2D eigenvalue weighted by Gasteiger charge is -2.33. The summed E-state index contributed by atoms with van der Waals surface area (Å²) in [6, 6.07) is 0.627. The van der Waals surface area contributed by atoms with Gasteiger partial charge in [0.15, 0.2) is 0 Å². The Bertz CT molecular complexity index is 953. The van der Waals surface area contributed by atoms with Crippen LogP contribution in [0.1, 0.15) is 31.9 Å². The number of nitrogens with zero attached hydrogens (tertiary/aromatic N) is 2. The normalized spacial score (nSPS) is 20.2. The highest BCUT2D eigenvalue weighted by atomic mass is 32.2. The smallest absolute Gasteiger partial charge is 0.475 e. The van der Waals surface area contributed by atoms with Crippen LogP contribution >= 0.6 is 0 Å². The number of aromatic nitrogens is 2. The lowest BCUT2D eigenvalue weighted by Crippen LogP contribution is -2.40. The summed E-state index contributed by atoms with van der Waals surface area (Å²) in [6.07, 6.45) is -4.65. The van der Waals surface area contributed by atoms with E-state index in [-0.39, 0.29) is 25.9 Å². The van der Waals surface area contributed by atoms with Gasteiger partial charge in [-0.25, -0.2) is 0 Å². The molecule has 0 saturated heterocycles. The lowest BCUT2D eigenvalue weighted by atomic mass is 9.77. The van der Waals surface area contributed by atoms with Gasteiger partial charge in [0.2, 0.25) is 5.88 Å². The summed E-state index contributed by atoms with van der Waals surface area (Å²) >= 11 is 0. The third-order valence-corrected chi connectivity index (χ3v) is 5.42. The Hall–Kier alpha value is -2.45. The van der Waals surface area contributed by atoms with E-state index in [2.05, 4.69) is 9.28 Å². The van der Waals surface area contributed by atoms with Crippen molar-refractivity contribution >= 4 is 16.1 Å². The Labute approximate surface area is 172 Å². The molecule has 1 heterocycles. The highest BCUT2D eigenvalue weighted by Crippen LogP contribution is 2.40. The fourth-order valence-electron chi connectivity index (χ4n) is 2.79. The molecule has 0 amide bonds. The van der Waals surface area contributed by atoms with Crippen LogP contribution in [0.4, 0.5) is 26.3 Å². The third-order valence-electron chi connectivity index (χ3n) is 4.42. The van der Waals surface area contributed by atoms with Crippen LogP contribution in [0.2, 0.25) is 0 Å². The molecule has 15 heteroatoms. The van der Waals surface area contributed by atoms with Crippen LogP contribution in [0.25, 0.3) is 0 Å².